The van der Waals surface area contributed by atoms with Gasteiger partial charge in [-0.15, -0.1) is 0 Å². The molecule has 1 aliphatic rings. The molecule has 3 rings (SSSR count). The van der Waals surface area contributed by atoms with E-state index < -0.39 is 0 Å². The van der Waals surface area contributed by atoms with Gasteiger partial charge >= 0.3 is 0 Å². The van der Waals surface area contributed by atoms with Gasteiger partial charge in [-0.25, -0.2) is 4.99 Å². The van der Waals surface area contributed by atoms with Crippen LogP contribution in [0.15, 0.2) is 64.5 Å². The Balaban J connectivity index is 1.81. The van der Waals surface area contributed by atoms with E-state index in [0.29, 0.717) is 15.8 Å². The molecule has 0 atom stereocenters. The summed E-state index contributed by atoms with van der Waals surface area (Å²) in [5.41, 5.74) is 1.65. The minimum Gasteiger partial charge on any atom is -0.508 e. The Morgan fingerprint density at radius 2 is 1.76 bits per heavy atom. The molecule has 5 heteroatoms. The topological polar surface area (TPSA) is 61.7 Å². The molecule has 0 aromatic heterocycles. The molecule has 21 heavy (non-hydrogen) atoms. The number of carbonyl (C=O) groups is 1. The molecule has 1 saturated heterocycles. The lowest BCUT2D eigenvalue weighted by atomic mass is 10.2. The highest BCUT2D eigenvalue weighted by atomic mass is 32.2. The van der Waals surface area contributed by atoms with Crippen LogP contribution in [0.3, 0.4) is 0 Å². The fourth-order valence-corrected chi connectivity index (χ4v) is 2.67. The van der Waals surface area contributed by atoms with Crippen LogP contribution in [0.25, 0.3) is 6.08 Å². The monoisotopic (exact) mass is 296 g/mol. The zero-order valence-electron chi connectivity index (χ0n) is 11.0. The molecular formula is C16H12N2O2S. The molecule has 104 valence electrons. The highest BCUT2D eigenvalue weighted by Gasteiger charge is 2.23. The van der Waals surface area contributed by atoms with E-state index >= 15 is 0 Å². The maximum Gasteiger partial charge on any atom is 0.264 e. The fourth-order valence-electron chi connectivity index (χ4n) is 1.83. The molecule has 1 fully saturated rings. The summed E-state index contributed by atoms with van der Waals surface area (Å²) in [6.45, 7) is 0. The summed E-state index contributed by atoms with van der Waals surface area (Å²) in [4.78, 5) is 16.9. The van der Waals surface area contributed by atoms with Crippen LogP contribution in [-0.2, 0) is 4.79 Å². The molecule has 2 N–H and O–H groups in total. The van der Waals surface area contributed by atoms with Crippen molar-refractivity contribution in [3.05, 3.63) is 65.1 Å². The highest BCUT2D eigenvalue weighted by molar-refractivity contribution is 8.18. The van der Waals surface area contributed by atoms with Gasteiger partial charge in [0.15, 0.2) is 5.17 Å². The molecule has 0 unspecified atom stereocenters. The zero-order chi connectivity index (χ0) is 14.7. The molecule has 0 radical (unpaired) electrons. The van der Waals surface area contributed by atoms with Gasteiger partial charge in [-0.2, -0.15) is 0 Å². The molecular weight excluding hydrogens is 284 g/mol. The van der Waals surface area contributed by atoms with Gasteiger partial charge in [0.05, 0.1) is 10.6 Å². The van der Waals surface area contributed by atoms with Gasteiger partial charge in [-0.05, 0) is 47.7 Å². The van der Waals surface area contributed by atoms with E-state index in [9.17, 15) is 9.90 Å². The SMILES string of the molecule is O=C1NC(=Nc2ccc(O)cc2)SC1=Cc1ccccc1. The Bertz CT molecular complexity index is 722. The Hall–Kier alpha value is -2.53. The van der Waals surface area contributed by atoms with Crippen molar-refractivity contribution in [1.82, 2.24) is 5.32 Å². The number of nitrogens with one attached hydrogen (secondary N) is 1. The summed E-state index contributed by atoms with van der Waals surface area (Å²) in [5, 5.41) is 12.5. The van der Waals surface area contributed by atoms with E-state index in [1.54, 1.807) is 24.3 Å². The van der Waals surface area contributed by atoms with E-state index in [2.05, 4.69) is 10.3 Å². The van der Waals surface area contributed by atoms with Gasteiger partial charge in [-0.1, -0.05) is 30.3 Å². The van der Waals surface area contributed by atoms with Crippen LogP contribution < -0.4 is 5.32 Å². The van der Waals surface area contributed by atoms with Crippen molar-refractivity contribution in [2.75, 3.05) is 0 Å². The molecule has 2 aromatic carbocycles. The van der Waals surface area contributed by atoms with Crippen molar-refractivity contribution in [3.63, 3.8) is 0 Å². The van der Waals surface area contributed by atoms with Gasteiger partial charge < -0.3 is 10.4 Å². The smallest absolute Gasteiger partial charge is 0.264 e. The number of thioether (sulfide) groups is 1. The summed E-state index contributed by atoms with van der Waals surface area (Å²) in [7, 11) is 0. The Morgan fingerprint density at radius 3 is 2.48 bits per heavy atom. The Kier molecular flexibility index (Phi) is 3.75. The van der Waals surface area contributed by atoms with Crippen molar-refractivity contribution in [3.8, 4) is 5.75 Å². The number of rotatable bonds is 2. The number of hydrogen-bond donors (Lipinski definition) is 2. The lowest BCUT2D eigenvalue weighted by Gasteiger charge is -1.96. The number of aromatic hydroxyl groups is 1. The molecule has 1 aliphatic heterocycles. The van der Waals surface area contributed by atoms with Gasteiger partial charge in [0.2, 0.25) is 0 Å². The number of nitrogens with zero attached hydrogens (tertiary/aromatic N) is 1. The second-order valence-corrected chi connectivity index (χ2v) is 5.44. The number of phenolic OH excluding ortho intramolecular Hbond substituents is 1. The highest BCUT2D eigenvalue weighted by Crippen LogP contribution is 2.28. The lowest BCUT2D eigenvalue weighted by Crippen LogP contribution is -2.19. The third-order valence-electron chi connectivity index (χ3n) is 2.83. The molecule has 2 aromatic rings. The maximum atomic E-state index is 11.9. The van der Waals surface area contributed by atoms with Crippen LogP contribution in [0.1, 0.15) is 5.56 Å². The molecule has 0 bridgehead atoms. The molecule has 0 aliphatic carbocycles. The first-order valence-corrected chi connectivity index (χ1v) is 7.16. The Morgan fingerprint density at radius 1 is 1.05 bits per heavy atom. The van der Waals surface area contributed by atoms with Gasteiger partial charge in [-0.3, -0.25) is 4.79 Å². The quantitative estimate of drug-likeness (QED) is 0.836. The summed E-state index contributed by atoms with van der Waals surface area (Å²) in [6.07, 6.45) is 1.83. The third-order valence-corrected chi connectivity index (χ3v) is 3.74. The molecule has 1 heterocycles. The fraction of sp³-hybridized carbons (Fsp3) is 0. The van der Waals surface area contributed by atoms with Crippen LogP contribution in [0.4, 0.5) is 5.69 Å². The largest absolute Gasteiger partial charge is 0.508 e. The second-order valence-electron chi connectivity index (χ2n) is 4.41. The summed E-state index contributed by atoms with van der Waals surface area (Å²) < 4.78 is 0. The van der Waals surface area contributed by atoms with E-state index in [1.807, 2.05) is 36.4 Å². The summed E-state index contributed by atoms with van der Waals surface area (Å²) in [6, 6.07) is 16.2. The first kappa shape index (κ1) is 13.5. The van der Waals surface area contributed by atoms with Gasteiger partial charge in [0.25, 0.3) is 5.91 Å². The number of phenols is 1. The average Bonchev–Trinajstić information content (AvgIpc) is 2.82. The van der Waals surface area contributed by atoms with Crippen molar-refractivity contribution in [1.29, 1.82) is 0 Å². The van der Waals surface area contributed by atoms with Gasteiger partial charge in [0, 0.05) is 0 Å². The number of carbonyl (C=O) groups excluding carboxylic acids is 1. The van der Waals surface area contributed by atoms with Crippen molar-refractivity contribution < 1.29 is 9.90 Å². The van der Waals surface area contributed by atoms with Crippen LogP contribution in [0.5, 0.6) is 5.75 Å². The number of amides is 1. The number of amidine groups is 1. The third kappa shape index (κ3) is 3.32. The molecule has 4 nitrogen and oxygen atoms in total. The minimum atomic E-state index is -0.151. The normalized spacial score (nSPS) is 18.2. The zero-order valence-corrected chi connectivity index (χ0v) is 11.8. The predicted molar refractivity (Wildman–Crippen MR) is 85.4 cm³/mol. The molecule has 1 amide bonds. The number of benzene rings is 2. The molecule has 0 spiro atoms. The van der Waals surface area contributed by atoms with E-state index in [4.69, 9.17) is 0 Å². The number of hydrogen-bond acceptors (Lipinski definition) is 4. The van der Waals surface area contributed by atoms with Crippen LogP contribution in [-0.4, -0.2) is 16.2 Å². The van der Waals surface area contributed by atoms with Crippen molar-refractivity contribution >= 4 is 34.6 Å². The average molecular weight is 296 g/mol. The lowest BCUT2D eigenvalue weighted by molar-refractivity contribution is -0.115. The van der Waals surface area contributed by atoms with Crippen molar-refractivity contribution in [2.45, 2.75) is 0 Å². The summed E-state index contributed by atoms with van der Waals surface area (Å²) >= 11 is 1.30. The van der Waals surface area contributed by atoms with E-state index in [0.717, 1.165) is 5.56 Å². The minimum absolute atomic E-state index is 0.151. The predicted octanol–water partition coefficient (Wildman–Crippen LogP) is 3.28. The van der Waals surface area contributed by atoms with Crippen LogP contribution in [0, 0.1) is 0 Å². The van der Waals surface area contributed by atoms with Crippen molar-refractivity contribution in [2.24, 2.45) is 4.99 Å². The summed E-state index contributed by atoms with van der Waals surface area (Å²) in [5.74, 6) is 0.0353. The van der Waals surface area contributed by atoms with E-state index in [-0.39, 0.29) is 11.7 Å². The standard InChI is InChI=1S/C16H12N2O2S/c19-13-8-6-12(7-9-13)17-16-18-15(20)14(21-16)10-11-4-2-1-3-5-11/h1-10,19H,(H,17,18,20). The first-order chi connectivity index (χ1) is 10.2. The van der Waals surface area contributed by atoms with E-state index in [1.165, 1.54) is 11.8 Å². The first-order valence-electron chi connectivity index (χ1n) is 6.34. The molecule has 0 saturated carbocycles. The maximum absolute atomic E-state index is 11.9. The second kappa shape index (κ2) is 5.85. The Labute approximate surface area is 126 Å². The van der Waals surface area contributed by atoms with Gasteiger partial charge in [0.1, 0.15) is 5.75 Å². The van der Waals surface area contributed by atoms with Crippen LogP contribution >= 0.6 is 11.8 Å². The number of aliphatic imine (C=N–C) groups is 1. The van der Waals surface area contributed by atoms with Crippen LogP contribution in [0.2, 0.25) is 0 Å².